The minimum Gasteiger partial charge on any atom is -0.462 e. The summed E-state index contributed by atoms with van der Waals surface area (Å²) in [5.74, 6) is -0.908. The molecule has 0 aromatic heterocycles. The molecule has 0 spiro atoms. The quantitative estimate of drug-likeness (QED) is 0.0209. The molecule has 0 aliphatic rings. The van der Waals surface area contributed by atoms with Gasteiger partial charge in [-0.1, -0.05) is 149 Å². The molecule has 0 aromatic carbocycles. The Morgan fingerprint density at radius 2 is 1.04 bits per heavy atom. The summed E-state index contributed by atoms with van der Waals surface area (Å²) in [5.41, 5.74) is 5.34. The van der Waals surface area contributed by atoms with Crippen molar-refractivity contribution in [3.8, 4) is 0 Å². The zero-order chi connectivity index (χ0) is 40.3. The van der Waals surface area contributed by atoms with E-state index < -0.39 is 32.5 Å². The first-order valence-corrected chi connectivity index (χ1v) is 21.9. The van der Waals surface area contributed by atoms with Crippen molar-refractivity contribution in [3.05, 3.63) is 109 Å². The first kappa shape index (κ1) is 51.7. The Balaban J connectivity index is 4.32. The normalized spacial score (nSPS) is 14.5. The molecule has 0 radical (unpaired) electrons. The highest BCUT2D eigenvalue weighted by Gasteiger charge is 2.25. The molecule has 310 valence electrons. The Kier molecular flexibility index (Phi) is 37.9. The smallest absolute Gasteiger partial charge is 0.462 e. The molecular formula is C45H72NO8P. The monoisotopic (exact) mass is 785 g/mol. The van der Waals surface area contributed by atoms with Gasteiger partial charge in [0.05, 0.1) is 13.2 Å². The fourth-order valence-corrected chi connectivity index (χ4v) is 5.55. The molecule has 1 unspecified atom stereocenters. The van der Waals surface area contributed by atoms with Crippen LogP contribution >= 0.6 is 7.82 Å². The van der Waals surface area contributed by atoms with Crippen molar-refractivity contribution in [2.24, 2.45) is 5.73 Å². The molecule has 0 aliphatic heterocycles. The van der Waals surface area contributed by atoms with Gasteiger partial charge >= 0.3 is 19.8 Å². The molecule has 55 heavy (non-hydrogen) atoms. The highest BCUT2D eigenvalue weighted by molar-refractivity contribution is 7.47. The van der Waals surface area contributed by atoms with Gasteiger partial charge < -0.3 is 20.1 Å². The van der Waals surface area contributed by atoms with Crippen molar-refractivity contribution in [3.63, 3.8) is 0 Å². The number of nitrogens with two attached hydrogens (primary N) is 1. The summed E-state index contributed by atoms with van der Waals surface area (Å²) in [6.07, 6.45) is 52.6. The van der Waals surface area contributed by atoms with E-state index in [-0.39, 0.29) is 32.6 Å². The van der Waals surface area contributed by atoms with Gasteiger partial charge in [-0.3, -0.25) is 18.6 Å². The van der Waals surface area contributed by atoms with E-state index in [2.05, 4.69) is 92.8 Å². The standard InChI is InChI=1S/C45H72NO8P/c1-3-5-7-9-11-13-15-17-19-20-21-22-24-25-27-29-31-33-35-37-44(47)51-41-43(42-53-55(49,50)52-40-39-46)54-45(48)38-36-34-32-30-28-26-23-18-16-14-12-10-8-6-4-2/h5-8,10-14,16-19,21-23,25,27,43H,3-4,9,15,20,24,26,28-42,46H2,1-2H3,(H,49,50)/b7-5+,8-6+,12-10+,13-11+,16-14+,19-17+,22-21+,23-18+,27-25+/t43-/m1/s1. The van der Waals surface area contributed by atoms with Crippen LogP contribution in [0.1, 0.15) is 129 Å². The molecule has 0 rings (SSSR count). The maximum atomic E-state index is 12.6. The minimum absolute atomic E-state index is 0.0372. The van der Waals surface area contributed by atoms with E-state index in [1.165, 1.54) is 0 Å². The van der Waals surface area contributed by atoms with Crippen LogP contribution in [0.4, 0.5) is 0 Å². The van der Waals surface area contributed by atoms with Crippen molar-refractivity contribution >= 4 is 19.8 Å². The Labute approximate surface area is 333 Å². The molecule has 0 aliphatic carbocycles. The van der Waals surface area contributed by atoms with Gasteiger partial charge in [0, 0.05) is 19.4 Å². The summed E-state index contributed by atoms with van der Waals surface area (Å²) in [7, 11) is -4.40. The minimum atomic E-state index is -4.40. The molecule has 0 amide bonds. The Bertz CT molecular complexity index is 1260. The second-order valence-corrected chi connectivity index (χ2v) is 14.3. The van der Waals surface area contributed by atoms with Crippen LogP contribution in [0.25, 0.3) is 0 Å². The summed E-state index contributed by atoms with van der Waals surface area (Å²) >= 11 is 0. The topological polar surface area (TPSA) is 134 Å². The number of esters is 2. The number of unbranched alkanes of at least 4 members (excludes halogenated alkanes) is 8. The lowest BCUT2D eigenvalue weighted by molar-refractivity contribution is -0.161. The predicted molar refractivity (Wildman–Crippen MR) is 228 cm³/mol. The van der Waals surface area contributed by atoms with E-state index in [1.807, 2.05) is 30.4 Å². The Hall–Kier alpha value is -3.33. The highest BCUT2D eigenvalue weighted by Crippen LogP contribution is 2.43. The second-order valence-electron chi connectivity index (χ2n) is 12.8. The lowest BCUT2D eigenvalue weighted by Gasteiger charge is -2.19. The maximum Gasteiger partial charge on any atom is 0.472 e. The summed E-state index contributed by atoms with van der Waals surface area (Å²) in [6.45, 7) is 3.37. The zero-order valence-corrected chi connectivity index (χ0v) is 34.7. The van der Waals surface area contributed by atoms with Gasteiger partial charge in [-0.2, -0.15) is 0 Å². The number of carbonyl (C=O) groups excluding carboxylic acids is 2. The summed E-state index contributed by atoms with van der Waals surface area (Å²) in [5, 5.41) is 0. The van der Waals surface area contributed by atoms with Crippen molar-refractivity contribution in [2.75, 3.05) is 26.4 Å². The maximum absolute atomic E-state index is 12.6. The van der Waals surface area contributed by atoms with Gasteiger partial charge in [-0.15, -0.1) is 0 Å². The van der Waals surface area contributed by atoms with Gasteiger partial charge in [0.15, 0.2) is 6.10 Å². The summed E-state index contributed by atoms with van der Waals surface area (Å²) < 4.78 is 32.7. The van der Waals surface area contributed by atoms with Crippen LogP contribution in [0.3, 0.4) is 0 Å². The number of phosphoric ester groups is 1. The molecule has 9 nitrogen and oxygen atoms in total. The number of allylic oxidation sites excluding steroid dienone is 18. The number of ether oxygens (including phenoxy) is 2. The van der Waals surface area contributed by atoms with Gasteiger partial charge in [-0.25, -0.2) is 4.57 Å². The largest absolute Gasteiger partial charge is 0.472 e. The third-order valence-corrected chi connectivity index (χ3v) is 8.73. The lowest BCUT2D eigenvalue weighted by atomic mass is 10.1. The molecular weight excluding hydrogens is 713 g/mol. The van der Waals surface area contributed by atoms with E-state index >= 15 is 0 Å². The molecule has 0 saturated carbocycles. The van der Waals surface area contributed by atoms with E-state index in [4.69, 9.17) is 24.3 Å². The number of carbonyl (C=O) groups is 2. The molecule has 0 bridgehead atoms. The number of rotatable bonds is 36. The van der Waals surface area contributed by atoms with Gasteiger partial charge in [0.2, 0.25) is 0 Å². The van der Waals surface area contributed by atoms with Gasteiger partial charge in [0.25, 0.3) is 0 Å². The zero-order valence-electron chi connectivity index (χ0n) is 33.9. The number of phosphoric acid groups is 1. The van der Waals surface area contributed by atoms with Crippen molar-refractivity contribution < 1.29 is 37.6 Å². The third kappa shape index (κ3) is 40.2. The van der Waals surface area contributed by atoms with Gasteiger partial charge in [0.1, 0.15) is 6.61 Å². The molecule has 2 atom stereocenters. The van der Waals surface area contributed by atoms with Gasteiger partial charge in [-0.05, 0) is 77.0 Å². The summed E-state index contributed by atoms with van der Waals surface area (Å²) in [4.78, 5) is 34.8. The fourth-order valence-electron chi connectivity index (χ4n) is 4.79. The average Bonchev–Trinajstić information content (AvgIpc) is 3.17. The second kappa shape index (κ2) is 40.3. The van der Waals surface area contributed by atoms with E-state index in [9.17, 15) is 19.0 Å². The number of hydrogen-bond donors (Lipinski definition) is 2. The Morgan fingerprint density at radius 1 is 0.564 bits per heavy atom. The van der Waals surface area contributed by atoms with Crippen LogP contribution in [0.5, 0.6) is 0 Å². The van der Waals surface area contributed by atoms with Crippen LogP contribution in [0.2, 0.25) is 0 Å². The molecule has 3 N–H and O–H groups in total. The van der Waals surface area contributed by atoms with E-state index in [0.717, 1.165) is 89.9 Å². The van der Waals surface area contributed by atoms with E-state index in [1.54, 1.807) is 0 Å². The third-order valence-electron chi connectivity index (χ3n) is 7.75. The van der Waals surface area contributed by atoms with Crippen LogP contribution < -0.4 is 5.73 Å². The van der Waals surface area contributed by atoms with Crippen molar-refractivity contribution in [1.82, 2.24) is 0 Å². The Morgan fingerprint density at radius 3 is 1.64 bits per heavy atom. The molecule has 0 saturated heterocycles. The first-order chi connectivity index (χ1) is 26.8. The van der Waals surface area contributed by atoms with Crippen molar-refractivity contribution in [1.29, 1.82) is 0 Å². The van der Waals surface area contributed by atoms with Crippen LogP contribution in [-0.2, 0) is 32.7 Å². The molecule has 0 aromatic rings. The molecule has 10 heteroatoms. The SMILES string of the molecule is CC/C=C/C=C/C=C/C=C/CCCCCCCC(=O)O[C@H](COC(=O)CCCCC/C=C/C/C=C/C/C=C/C/C=C/C/C=C/CC)COP(=O)(O)OCCN. The van der Waals surface area contributed by atoms with Crippen molar-refractivity contribution in [2.45, 2.75) is 136 Å². The van der Waals surface area contributed by atoms with Crippen LogP contribution in [0, 0.1) is 0 Å². The molecule has 0 heterocycles. The molecule has 0 fully saturated rings. The highest BCUT2D eigenvalue weighted by atomic mass is 31.2. The van der Waals surface area contributed by atoms with Crippen LogP contribution in [0.15, 0.2) is 109 Å². The average molecular weight is 786 g/mol. The lowest BCUT2D eigenvalue weighted by Crippen LogP contribution is -2.29. The predicted octanol–water partition coefficient (Wildman–Crippen LogP) is 11.6. The number of hydrogen-bond acceptors (Lipinski definition) is 8. The van der Waals surface area contributed by atoms with E-state index in [0.29, 0.717) is 12.8 Å². The first-order valence-electron chi connectivity index (χ1n) is 20.4. The van der Waals surface area contributed by atoms with Crippen LogP contribution in [-0.4, -0.2) is 49.3 Å². The summed E-state index contributed by atoms with van der Waals surface area (Å²) in [6, 6.07) is 0. The fraction of sp³-hybridized carbons (Fsp3) is 0.556.